The molecule has 2 saturated carbocycles. The summed E-state index contributed by atoms with van der Waals surface area (Å²) in [5, 5.41) is 7.35. The summed E-state index contributed by atoms with van der Waals surface area (Å²) in [7, 11) is 3.10. The Hall–Kier alpha value is -3.37. The van der Waals surface area contributed by atoms with Gasteiger partial charge in [-0.25, -0.2) is 9.78 Å². The minimum atomic E-state index is -0.193. The Morgan fingerprint density at radius 1 is 1.15 bits per heavy atom. The Bertz CT molecular complexity index is 1300. The molecule has 5 rings (SSSR count). The summed E-state index contributed by atoms with van der Waals surface area (Å²) in [4.78, 5) is 38.5. The third kappa shape index (κ3) is 6.02. The van der Waals surface area contributed by atoms with Gasteiger partial charge in [-0.05, 0) is 38.5 Å². The molecule has 2 aromatic rings. The van der Waals surface area contributed by atoms with Gasteiger partial charge in [0.1, 0.15) is 22.3 Å². The number of hydrogen-bond acceptors (Lipinski definition) is 8. The van der Waals surface area contributed by atoms with Crippen LogP contribution in [0, 0.1) is 5.92 Å². The van der Waals surface area contributed by atoms with Crippen molar-refractivity contribution in [1.82, 2.24) is 15.3 Å². The second-order valence-corrected chi connectivity index (χ2v) is 11.2. The summed E-state index contributed by atoms with van der Waals surface area (Å²) >= 11 is 6.67. The van der Waals surface area contributed by atoms with Crippen molar-refractivity contribution >= 4 is 40.9 Å². The van der Waals surface area contributed by atoms with Gasteiger partial charge >= 0.3 is 6.03 Å². The van der Waals surface area contributed by atoms with E-state index >= 15 is 0 Å². The molecule has 40 heavy (non-hydrogen) atoms. The van der Waals surface area contributed by atoms with Crippen LogP contribution in [-0.2, 0) is 11.3 Å². The van der Waals surface area contributed by atoms with E-state index in [9.17, 15) is 9.59 Å². The summed E-state index contributed by atoms with van der Waals surface area (Å²) in [6, 6.07) is 3.51. The van der Waals surface area contributed by atoms with Gasteiger partial charge in [-0.1, -0.05) is 31.0 Å². The molecule has 2 amide bonds. The fraction of sp³-hybridized carbons (Fsp3) is 0.517. The lowest BCUT2D eigenvalue weighted by Crippen LogP contribution is -2.49. The predicted octanol–water partition coefficient (Wildman–Crippen LogP) is 4.96. The van der Waals surface area contributed by atoms with Crippen molar-refractivity contribution in [3.8, 4) is 11.5 Å². The molecule has 0 bridgehead atoms. The van der Waals surface area contributed by atoms with Crippen molar-refractivity contribution < 1.29 is 19.1 Å². The summed E-state index contributed by atoms with van der Waals surface area (Å²) in [5.41, 5.74) is 1.92. The zero-order valence-electron chi connectivity index (χ0n) is 23.3. The van der Waals surface area contributed by atoms with Gasteiger partial charge < -0.3 is 20.1 Å². The molecule has 2 N–H and O–H groups in total. The highest BCUT2D eigenvalue weighted by atomic mass is 35.5. The fourth-order valence-electron chi connectivity index (χ4n) is 5.31. The minimum absolute atomic E-state index is 0.00557. The Kier molecular flexibility index (Phi) is 8.46. The zero-order chi connectivity index (χ0) is 28.4. The number of hydrogen-bond donors (Lipinski definition) is 2. The number of nitrogens with zero attached hydrogens (tertiary/aromatic N) is 4. The lowest BCUT2D eigenvalue weighted by molar-refractivity contribution is -0.113. The number of nitrogens with one attached hydrogen (secondary N) is 2. The second kappa shape index (κ2) is 12.0. The second-order valence-electron chi connectivity index (χ2n) is 10.8. The van der Waals surface area contributed by atoms with E-state index in [1.54, 1.807) is 35.2 Å². The van der Waals surface area contributed by atoms with Crippen molar-refractivity contribution in [3.63, 3.8) is 0 Å². The molecule has 11 heteroatoms. The van der Waals surface area contributed by atoms with Crippen LogP contribution < -0.4 is 29.9 Å². The van der Waals surface area contributed by atoms with E-state index in [0.29, 0.717) is 58.6 Å². The van der Waals surface area contributed by atoms with E-state index in [0.717, 1.165) is 44.1 Å². The number of methoxy groups -OCH3 is 2. The number of anilines is 3. The molecule has 2 atom stereocenters. The first-order valence-electron chi connectivity index (χ1n) is 13.8. The maximum absolute atomic E-state index is 13.9. The van der Waals surface area contributed by atoms with Crippen LogP contribution in [-0.4, -0.2) is 61.2 Å². The number of ketones is 1. The van der Waals surface area contributed by atoms with Gasteiger partial charge in [0.05, 0.1) is 26.5 Å². The van der Waals surface area contributed by atoms with Crippen molar-refractivity contribution in [2.75, 3.05) is 42.4 Å². The number of amides is 2. The van der Waals surface area contributed by atoms with Crippen LogP contribution >= 0.6 is 11.6 Å². The van der Waals surface area contributed by atoms with Crippen molar-refractivity contribution in [3.05, 3.63) is 41.1 Å². The molecule has 10 nitrogen and oxygen atoms in total. The third-order valence-electron chi connectivity index (χ3n) is 7.92. The van der Waals surface area contributed by atoms with Crippen LogP contribution in [0.1, 0.15) is 51.0 Å². The Morgan fingerprint density at radius 3 is 2.58 bits per heavy atom. The number of carbonyl (C=O) groups is 2. The summed E-state index contributed by atoms with van der Waals surface area (Å²) in [6.45, 7) is 6.72. The molecule has 214 valence electrons. The highest BCUT2D eigenvalue weighted by molar-refractivity contribution is 6.35. The number of urea groups is 1. The van der Waals surface area contributed by atoms with E-state index in [2.05, 4.69) is 22.2 Å². The normalized spacial score (nSPS) is 20.6. The first kappa shape index (κ1) is 28.2. The van der Waals surface area contributed by atoms with E-state index in [4.69, 9.17) is 26.1 Å². The highest BCUT2D eigenvalue weighted by Gasteiger charge is 2.38. The topological polar surface area (TPSA) is 109 Å². The van der Waals surface area contributed by atoms with E-state index in [-0.39, 0.29) is 30.4 Å². The lowest BCUT2D eigenvalue weighted by atomic mass is 9.90. The number of ether oxygens (including phenoxy) is 2. The lowest BCUT2D eigenvalue weighted by Gasteiger charge is -2.37. The Labute approximate surface area is 240 Å². The van der Waals surface area contributed by atoms with Gasteiger partial charge in [0, 0.05) is 54.6 Å². The first-order chi connectivity index (χ1) is 19.3. The molecular weight excluding hydrogens is 532 g/mol. The molecule has 2 heterocycles. The smallest absolute Gasteiger partial charge is 0.330 e. The average Bonchev–Trinajstić information content (AvgIpc) is 3.78. The molecule has 1 aromatic heterocycles. The molecule has 2 unspecified atom stereocenters. The average molecular weight is 569 g/mol. The van der Waals surface area contributed by atoms with Crippen LogP contribution in [0.4, 0.5) is 22.2 Å². The maximum atomic E-state index is 13.9. The van der Waals surface area contributed by atoms with Gasteiger partial charge in [0.25, 0.3) is 0 Å². The Morgan fingerprint density at radius 2 is 1.90 bits per heavy atom. The van der Waals surface area contributed by atoms with Crippen LogP contribution in [0.15, 0.2) is 30.5 Å². The summed E-state index contributed by atoms with van der Waals surface area (Å²) < 4.78 is 10.9. The number of benzene rings is 1. The maximum Gasteiger partial charge on any atom is 0.330 e. The van der Waals surface area contributed by atoms with Crippen LogP contribution in [0.5, 0.6) is 11.5 Å². The van der Waals surface area contributed by atoms with Gasteiger partial charge in [0.2, 0.25) is 5.95 Å². The summed E-state index contributed by atoms with van der Waals surface area (Å²) in [5.74, 6) is 2.53. The third-order valence-corrected chi connectivity index (χ3v) is 8.30. The van der Waals surface area contributed by atoms with E-state index in [1.165, 1.54) is 14.0 Å². The molecule has 1 aromatic carbocycles. The number of aromatic nitrogens is 2. The largest absolute Gasteiger partial charge is 0.497 e. The van der Waals surface area contributed by atoms with Crippen LogP contribution in [0.2, 0.25) is 5.02 Å². The van der Waals surface area contributed by atoms with Gasteiger partial charge in [-0.3, -0.25) is 14.6 Å². The molecule has 2 fully saturated rings. The molecule has 3 aliphatic rings. The molecule has 0 saturated heterocycles. The van der Waals surface area contributed by atoms with E-state index < -0.39 is 0 Å². The molecule has 1 aliphatic heterocycles. The zero-order valence-corrected chi connectivity index (χ0v) is 24.1. The molecule has 0 radical (unpaired) electrons. The minimum Gasteiger partial charge on any atom is -0.497 e. The van der Waals surface area contributed by atoms with E-state index in [1.807, 2.05) is 0 Å². The van der Waals surface area contributed by atoms with Crippen molar-refractivity contribution in [2.45, 2.75) is 64.1 Å². The van der Waals surface area contributed by atoms with Gasteiger partial charge in [-0.2, -0.15) is 4.98 Å². The SMILES string of the molecule is C=C(CNC1CCCCC1Nc1ncc2c(n1)N(CC1CC1)C(=O)N(c1cc(OC)cc(OC)c1Cl)C2)C(C)=O. The van der Waals surface area contributed by atoms with Gasteiger partial charge in [-0.15, -0.1) is 0 Å². The fourth-order valence-corrected chi connectivity index (χ4v) is 5.60. The standard InChI is InChI=1S/C29H37ClN6O4/c1-17(18(2)37)13-31-22-7-5-6-8-23(22)33-28-32-14-20-16-35(24-11-21(39-3)12-25(40-4)26(24)30)29(38)36(27(20)34-28)15-19-9-10-19/h11-12,14,19,22-23,31H,1,5-10,13,15-16H2,2-4H3,(H,32,33,34). The van der Waals surface area contributed by atoms with Crippen LogP contribution in [0.25, 0.3) is 0 Å². The quantitative estimate of drug-likeness (QED) is 0.366. The predicted molar refractivity (Wildman–Crippen MR) is 156 cm³/mol. The first-order valence-corrected chi connectivity index (χ1v) is 14.2. The van der Waals surface area contributed by atoms with Crippen molar-refractivity contribution in [2.24, 2.45) is 5.92 Å². The molecule has 2 aliphatic carbocycles. The molecule has 0 spiro atoms. The van der Waals surface area contributed by atoms with Crippen LogP contribution in [0.3, 0.4) is 0 Å². The number of fused-ring (bicyclic) bond motifs is 1. The van der Waals surface area contributed by atoms with Gasteiger partial charge in [0.15, 0.2) is 5.78 Å². The number of rotatable bonds is 11. The number of Topliss-reactive ketones (excluding diaryl/α,β-unsaturated/α-hetero) is 1. The number of carbonyl (C=O) groups excluding carboxylic acids is 2. The monoisotopic (exact) mass is 568 g/mol. The summed E-state index contributed by atoms with van der Waals surface area (Å²) in [6.07, 6.45) is 8.12. The Balaban J connectivity index is 1.41. The van der Waals surface area contributed by atoms with Crippen molar-refractivity contribution in [1.29, 1.82) is 0 Å². The number of halogens is 1. The molecular formula is C29H37ClN6O4. The highest BCUT2D eigenvalue weighted by Crippen LogP contribution is 2.42.